The van der Waals surface area contributed by atoms with Crippen molar-refractivity contribution in [2.75, 3.05) is 17.7 Å². The van der Waals surface area contributed by atoms with Crippen molar-refractivity contribution in [3.8, 4) is 5.75 Å². The largest absolute Gasteiger partial charge is 0.494 e. The Labute approximate surface area is 126 Å². The summed E-state index contributed by atoms with van der Waals surface area (Å²) >= 11 is 10.9. The lowest BCUT2D eigenvalue weighted by Gasteiger charge is -2.11. The first-order chi connectivity index (χ1) is 9.58. The molecule has 0 atom stereocenters. The first-order valence-corrected chi connectivity index (χ1v) is 6.54. The van der Waals surface area contributed by atoms with Gasteiger partial charge in [0.05, 0.1) is 7.11 Å². The maximum atomic E-state index is 13.5. The van der Waals surface area contributed by atoms with E-state index < -0.39 is 5.82 Å². The normalized spacial score (nSPS) is 9.95. The molecule has 0 aliphatic heterocycles. The Morgan fingerprint density at radius 3 is 2.30 bits per heavy atom. The zero-order valence-corrected chi connectivity index (χ0v) is 12.2. The van der Waals surface area contributed by atoms with E-state index in [1.54, 1.807) is 30.3 Å². The standard InChI is InChI=1S/C14H12ClFN2OS/c1-19-13-7-6-11(8-12(13)16)18-14(20)17-10-4-2-9(15)3-5-10/h2-8H,1H3,(H2,17,18,20). The van der Waals surface area contributed by atoms with Crippen LogP contribution in [0.15, 0.2) is 42.5 Å². The Morgan fingerprint density at radius 2 is 1.70 bits per heavy atom. The lowest BCUT2D eigenvalue weighted by Crippen LogP contribution is -2.19. The first-order valence-electron chi connectivity index (χ1n) is 5.75. The number of nitrogens with one attached hydrogen (secondary N) is 2. The van der Waals surface area contributed by atoms with Gasteiger partial charge in [-0.3, -0.25) is 0 Å². The van der Waals surface area contributed by atoms with Gasteiger partial charge in [-0.15, -0.1) is 0 Å². The third-order valence-electron chi connectivity index (χ3n) is 2.51. The van der Waals surface area contributed by atoms with Gasteiger partial charge in [0.1, 0.15) is 0 Å². The van der Waals surface area contributed by atoms with E-state index in [0.29, 0.717) is 15.8 Å². The van der Waals surface area contributed by atoms with Crippen molar-refractivity contribution >= 4 is 40.3 Å². The minimum absolute atomic E-state index is 0.187. The topological polar surface area (TPSA) is 33.3 Å². The number of ether oxygens (including phenoxy) is 1. The molecule has 104 valence electrons. The van der Waals surface area contributed by atoms with Gasteiger partial charge in [-0.1, -0.05) is 11.6 Å². The van der Waals surface area contributed by atoms with Crippen LogP contribution >= 0.6 is 23.8 Å². The SMILES string of the molecule is COc1ccc(NC(=S)Nc2ccc(Cl)cc2)cc1F. The highest BCUT2D eigenvalue weighted by atomic mass is 35.5. The third-order valence-corrected chi connectivity index (χ3v) is 2.97. The summed E-state index contributed by atoms with van der Waals surface area (Å²) in [6.45, 7) is 0. The van der Waals surface area contributed by atoms with Crippen molar-refractivity contribution in [1.82, 2.24) is 0 Å². The van der Waals surface area contributed by atoms with Crippen LogP contribution in [0.1, 0.15) is 0 Å². The number of benzene rings is 2. The minimum atomic E-state index is -0.452. The number of rotatable bonds is 3. The van der Waals surface area contributed by atoms with Crippen molar-refractivity contribution in [2.45, 2.75) is 0 Å². The zero-order chi connectivity index (χ0) is 14.5. The van der Waals surface area contributed by atoms with Gasteiger partial charge in [0.2, 0.25) is 0 Å². The van der Waals surface area contributed by atoms with E-state index in [0.717, 1.165) is 5.69 Å². The number of halogens is 2. The summed E-state index contributed by atoms with van der Waals surface area (Å²) < 4.78 is 18.4. The Morgan fingerprint density at radius 1 is 1.10 bits per heavy atom. The maximum Gasteiger partial charge on any atom is 0.175 e. The smallest absolute Gasteiger partial charge is 0.175 e. The predicted octanol–water partition coefficient (Wildman–Crippen LogP) is 4.30. The number of anilines is 2. The van der Waals surface area contributed by atoms with E-state index >= 15 is 0 Å². The number of methoxy groups -OCH3 is 1. The zero-order valence-electron chi connectivity index (χ0n) is 10.6. The molecule has 0 spiro atoms. The van der Waals surface area contributed by atoms with Crippen LogP contribution in [0, 0.1) is 5.82 Å². The second-order valence-corrected chi connectivity index (χ2v) is 4.78. The molecule has 0 bridgehead atoms. The molecule has 0 heterocycles. The van der Waals surface area contributed by atoms with Gasteiger partial charge in [0.15, 0.2) is 16.7 Å². The number of hydrogen-bond acceptors (Lipinski definition) is 2. The molecule has 2 aromatic rings. The highest BCUT2D eigenvalue weighted by Gasteiger charge is 2.05. The molecule has 0 aliphatic carbocycles. The molecule has 2 aromatic carbocycles. The van der Waals surface area contributed by atoms with Gasteiger partial charge in [-0.25, -0.2) is 4.39 Å². The van der Waals surface area contributed by atoms with E-state index in [1.165, 1.54) is 19.2 Å². The summed E-state index contributed by atoms with van der Waals surface area (Å²) in [7, 11) is 1.41. The van der Waals surface area contributed by atoms with Crippen LogP contribution in [0.5, 0.6) is 5.75 Å². The predicted molar refractivity (Wildman–Crippen MR) is 84.2 cm³/mol. The second kappa shape index (κ2) is 6.54. The van der Waals surface area contributed by atoms with E-state index in [9.17, 15) is 4.39 Å². The van der Waals surface area contributed by atoms with Gasteiger partial charge in [0.25, 0.3) is 0 Å². The Bertz CT molecular complexity index is 619. The molecule has 2 N–H and O–H groups in total. The molecule has 0 saturated heterocycles. The van der Waals surface area contributed by atoms with E-state index in [-0.39, 0.29) is 5.75 Å². The molecule has 0 unspecified atom stereocenters. The summed E-state index contributed by atoms with van der Waals surface area (Å²) in [4.78, 5) is 0. The summed E-state index contributed by atoms with van der Waals surface area (Å²) in [5.74, 6) is -0.265. The van der Waals surface area contributed by atoms with Crippen molar-refractivity contribution in [2.24, 2.45) is 0 Å². The molecule has 2 rings (SSSR count). The Hall–Kier alpha value is -1.85. The van der Waals surface area contributed by atoms with Crippen LogP contribution in [0.3, 0.4) is 0 Å². The second-order valence-electron chi connectivity index (χ2n) is 3.94. The maximum absolute atomic E-state index is 13.5. The molecular weight excluding hydrogens is 299 g/mol. The monoisotopic (exact) mass is 310 g/mol. The van der Waals surface area contributed by atoms with Gasteiger partial charge in [-0.2, -0.15) is 0 Å². The van der Waals surface area contributed by atoms with Gasteiger partial charge in [-0.05, 0) is 48.6 Å². The summed E-state index contributed by atoms with van der Waals surface area (Å²) in [5.41, 5.74) is 1.33. The van der Waals surface area contributed by atoms with Crippen molar-refractivity contribution < 1.29 is 9.13 Å². The van der Waals surface area contributed by atoms with E-state index in [2.05, 4.69) is 10.6 Å². The van der Waals surface area contributed by atoms with Crippen LogP contribution in [0.25, 0.3) is 0 Å². The molecule has 0 fully saturated rings. The lowest BCUT2D eigenvalue weighted by molar-refractivity contribution is 0.387. The fraction of sp³-hybridized carbons (Fsp3) is 0.0714. The quantitative estimate of drug-likeness (QED) is 0.828. The van der Waals surface area contributed by atoms with Crippen molar-refractivity contribution in [3.63, 3.8) is 0 Å². The number of thiocarbonyl (C=S) groups is 1. The van der Waals surface area contributed by atoms with E-state index in [1.807, 2.05) is 0 Å². The molecule has 3 nitrogen and oxygen atoms in total. The van der Waals surface area contributed by atoms with Crippen molar-refractivity contribution in [3.05, 3.63) is 53.3 Å². The van der Waals surface area contributed by atoms with Gasteiger partial charge in [0, 0.05) is 22.5 Å². The van der Waals surface area contributed by atoms with Crippen LogP contribution in [0.2, 0.25) is 5.02 Å². The summed E-state index contributed by atoms with van der Waals surface area (Å²) in [6.07, 6.45) is 0. The highest BCUT2D eigenvalue weighted by molar-refractivity contribution is 7.80. The average Bonchev–Trinajstić information content (AvgIpc) is 2.41. The fourth-order valence-electron chi connectivity index (χ4n) is 1.57. The van der Waals surface area contributed by atoms with Crippen LogP contribution in [0.4, 0.5) is 15.8 Å². The molecular formula is C14H12ClFN2OS. The van der Waals surface area contributed by atoms with Gasteiger partial charge < -0.3 is 15.4 Å². The Balaban J connectivity index is 2.01. The van der Waals surface area contributed by atoms with Crippen LogP contribution in [-0.4, -0.2) is 12.2 Å². The molecule has 20 heavy (non-hydrogen) atoms. The van der Waals surface area contributed by atoms with Gasteiger partial charge >= 0.3 is 0 Å². The van der Waals surface area contributed by atoms with E-state index in [4.69, 9.17) is 28.6 Å². The molecule has 0 amide bonds. The molecule has 0 aromatic heterocycles. The molecule has 6 heteroatoms. The average molecular weight is 311 g/mol. The fourth-order valence-corrected chi connectivity index (χ4v) is 1.93. The molecule has 0 radical (unpaired) electrons. The van der Waals surface area contributed by atoms with Crippen LogP contribution in [-0.2, 0) is 0 Å². The van der Waals surface area contributed by atoms with Crippen molar-refractivity contribution in [1.29, 1.82) is 0 Å². The Kier molecular flexibility index (Phi) is 4.76. The number of hydrogen-bond donors (Lipinski definition) is 2. The highest BCUT2D eigenvalue weighted by Crippen LogP contribution is 2.21. The lowest BCUT2D eigenvalue weighted by atomic mass is 10.3. The summed E-state index contributed by atoms with van der Waals surface area (Å²) in [5, 5.41) is 6.87. The minimum Gasteiger partial charge on any atom is -0.494 e. The van der Waals surface area contributed by atoms with Crippen LogP contribution < -0.4 is 15.4 Å². The first kappa shape index (κ1) is 14.6. The molecule has 0 saturated carbocycles. The third kappa shape index (κ3) is 3.82. The molecule has 0 aliphatic rings. The summed E-state index contributed by atoms with van der Waals surface area (Å²) in [6, 6.07) is 11.6.